The average Bonchev–Trinajstić information content (AvgIpc) is 3.34. The second kappa shape index (κ2) is 61.0. The zero-order chi connectivity index (χ0) is 55.3. The van der Waals surface area contributed by atoms with Crippen LogP contribution in [0, 0.1) is 42.9 Å². The Kier molecular flexibility index (Phi) is 70.2. The molecular weight excluding hydrogens is 917 g/mol. The molecule has 0 aliphatic rings. The SMILES string of the molecule is CCCCC(CC)C(=O)OCC(O)CO.CCCCC(CC)C(=O)OCC(O)CO.CCCCC(CC)C(=O)[O-].CCCCC(CC)C(=O)[O-].CCCCC(CC)C(=O)[O-].CCCCC(CC)C(=O)[O-].[C+4]. The van der Waals surface area contributed by atoms with Gasteiger partial charge in [0.1, 0.15) is 25.4 Å². The van der Waals surface area contributed by atoms with Gasteiger partial charge in [-0.25, -0.2) is 0 Å². The zero-order valence-electron chi connectivity index (χ0n) is 46.6. The van der Waals surface area contributed by atoms with Crippen LogP contribution in [0.2, 0.25) is 0 Å². The number of aliphatic hydroxyl groups is 4. The number of ether oxygens (including phenoxy) is 2. The number of aliphatic hydroxyl groups excluding tert-OH is 4. The molecule has 0 saturated carbocycles. The Balaban J connectivity index is -0.000000140. The van der Waals surface area contributed by atoms with Gasteiger partial charge in [0.2, 0.25) is 0 Å². The van der Waals surface area contributed by atoms with Crippen molar-refractivity contribution in [1.82, 2.24) is 0 Å². The predicted octanol–water partition coefficient (Wildman–Crippen LogP) is 6.09. The third-order valence-electron chi connectivity index (χ3n) is 11.7. The average molecular weight is 1020 g/mol. The van der Waals surface area contributed by atoms with Gasteiger partial charge < -0.3 is 69.5 Å². The van der Waals surface area contributed by atoms with Gasteiger partial charge in [0.25, 0.3) is 0 Å². The van der Waals surface area contributed by atoms with Gasteiger partial charge in [0, 0.05) is 23.9 Å². The normalized spacial score (nSPS) is 13.5. The number of carboxylic acid groups (broad SMARTS) is 4. The van der Waals surface area contributed by atoms with Crippen LogP contribution in [0.4, 0.5) is 0 Å². The third kappa shape index (κ3) is 55.8. The van der Waals surface area contributed by atoms with Gasteiger partial charge in [-0.3, -0.25) is 9.59 Å². The number of carboxylic acids is 4. The number of hydrogen-bond acceptors (Lipinski definition) is 16. The number of carbonyl (C=O) groups is 6. The van der Waals surface area contributed by atoms with Gasteiger partial charge in [-0.15, -0.1) is 0 Å². The van der Waals surface area contributed by atoms with E-state index >= 15 is 0 Å². The van der Waals surface area contributed by atoms with E-state index in [0.717, 1.165) is 128 Å². The summed E-state index contributed by atoms with van der Waals surface area (Å²) in [5.74, 6) is -5.14. The molecule has 0 bridgehead atoms. The molecule has 8 unspecified atom stereocenters. The summed E-state index contributed by atoms with van der Waals surface area (Å²) in [4.78, 5) is 64.3. The summed E-state index contributed by atoms with van der Waals surface area (Å²) in [5, 5.41) is 76.4. The van der Waals surface area contributed by atoms with E-state index in [0.29, 0.717) is 25.7 Å². The van der Waals surface area contributed by atoms with Crippen molar-refractivity contribution in [2.75, 3.05) is 26.4 Å². The van der Waals surface area contributed by atoms with Crippen LogP contribution >= 0.6 is 0 Å². The van der Waals surface area contributed by atoms with Crippen LogP contribution in [-0.2, 0) is 38.2 Å². The Labute approximate surface area is 432 Å². The molecule has 16 nitrogen and oxygen atoms in total. The number of carbonyl (C=O) groups excluding carboxylic acids is 6. The summed E-state index contributed by atoms with van der Waals surface area (Å²) >= 11 is 0. The first kappa shape index (κ1) is 81.7. The largest absolute Gasteiger partial charge is 4.00 e. The molecule has 0 aliphatic heterocycles. The van der Waals surface area contributed by atoms with Crippen molar-refractivity contribution in [3.8, 4) is 0 Å². The molecule has 0 spiro atoms. The minimum atomic E-state index is -0.961. The molecule has 71 heavy (non-hydrogen) atoms. The maximum Gasteiger partial charge on any atom is 4.00 e. The Morgan fingerprint density at radius 2 is 0.521 bits per heavy atom. The second-order valence-electron chi connectivity index (χ2n) is 17.7. The molecule has 4 N–H and O–H groups in total. The number of aliphatic carboxylic acids is 4. The van der Waals surface area contributed by atoms with Crippen molar-refractivity contribution < 1.29 is 79.1 Å². The molecule has 0 rings (SSSR count). The Bertz CT molecular complexity index is 1060. The van der Waals surface area contributed by atoms with E-state index < -0.39 is 36.1 Å². The zero-order valence-corrected chi connectivity index (χ0v) is 46.6. The molecule has 0 fully saturated rings. The van der Waals surface area contributed by atoms with Crippen molar-refractivity contribution in [3.63, 3.8) is 0 Å². The van der Waals surface area contributed by atoms with Gasteiger partial charge in [0.15, 0.2) is 0 Å². The molecule has 0 saturated heterocycles. The van der Waals surface area contributed by atoms with Crippen molar-refractivity contribution >= 4 is 35.8 Å². The minimum absolute atomic E-state index is 0. The van der Waals surface area contributed by atoms with E-state index in [1.807, 2.05) is 41.5 Å². The predicted molar refractivity (Wildman–Crippen MR) is 271 cm³/mol. The topological polar surface area (TPSA) is 294 Å². The van der Waals surface area contributed by atoms with Gasteiger partial charge in [-0.2, -0.15) is 0 Å². The fourth-order valence-electron chi connectivity index (χ4n) is 6.33. The molecule has 0 aromatic heterocycles. The molecule has 420 valence electrons. The van der Waals surface area contributed by atoms with Crippen LogP contribution in [0.15, 0.2) is 0 Å². The Morgan fingerprint density at radius 3 is 0.648 bits per heavy atom. The molecule has 16 heteroatoms. The van der Waals surface area contributed by atoms with Crippen LogP contribution in [-0.4, -0.2) is 94.9 Å². The summed E-state index contributed by atoms with van der Waals surface area (Å²) in [7, 11) is 0. The molecule has 0 heterocycles. The molecule has 8 atom stereocenters. The maximum absolute atomic E-state index is 11.5. The fraction of sp³-hybridized carbons (Fsp3) is 0.873. The minimum Gasteiger partial charge on any atom is -0.550 e. The molecule has 0 amide bonds. The van der Waals surface area contributed by atoms with Gasteiger partial charge in [-0.1, -0.05) is 160 Å². The van der Waals surface area contributed by atoms with Gasteiger partial charge >= 0.3 is 19.4 Å². The first-order valence-corrected chi connectivity index (χ1v) is 26.9. The smallest absolute Gasteiger partial charge is 0.550 e. The van der Waals surface area contributed by atoms with E-state index in [2.05, 4.69) is 41.5 Å². The molecule has 0 aliphatic carbocycles. The summed E-state index contributed by atoms with van der Waals surface area (Å²) in [5.41, 5.74) is 0. The Morgan fingerprint density at radius 1 is 0.352 bits per heavy atom. The monoisotopic (exact) mass is 1020 g/mol. The number of rotatable bonds is 36. The molecule has 0 radical (unpaired) electrons. The summed E-state index contributed by atoms with van der Waals surface area (Å²) < 4.78 is 9.79. The van der Waals surface area contributed by atoms with E-state index in [1.54, 1.807) is 0 Å². The van der Waals surface area contributed by atoms with Crippen molar-refractivity contribution in [1.29, 1.82) is 0 Å². The summed E-state index contributed by atoms with van der Waals surface area (Å²) in [6.45, 7) is 22.8. The quantitative estimate of drug-likeness (QED) is 0.0516. The van der Waals surface area contributed by atoms with E-state index in [9.17, 15) is 49.2 Å². The molecule has 0 aromatic carbocycles. The van der Waals surface area contributed by atoms with Crippen LogP contribution in [0.5, 0.6) is 0 Å². The summed E-state index contributed by atoms with van der Waals surface area (Å²) in [6.07, 6.45) is 19.5. The Hall–Kier alpha value is -3.34. The third-order valence-corrected chi connectivity index (χ3v) is 11.7. The standard InChI is InChI=1S/2C11H22O4.4C8H16O2.C/c2*1-3-5-6-9(4-2)11(14)15-8-10(13)7-12;4*1-3-5-6-7(4-2)8(9)10;/h2*9-10,12-13H,3-8H2,1-2H3;4*7H,3-6H2,1-2H3,(H,9,10);/q;;;;;;+4/p-4. The first-order valence-electron chi connectivity index (χ1n) is 26.9. The number of unbranched alkanes of at least 4 members (excludes halogenated alkanes) is 6. The number of hydrogen-bond donors (Lipinski definition) is 4. The maximum atomic E-state index is 11.5. The van der Waals surface area contributed by atoms with Gasteiger partial charge in [0.05, 0.1) is 25.0 Å². The number of esters is 2. The summed E-state index contributed by atoms with van der Waals surface area (Å²) in [6, 6.07) is 0. The fourth-order valence-corrected chi connectivity index (χ4v) is 6.33. The molecule has 0 aromatic rings. The van der Waals surface area contributed by atoms with Crippen LogP contribution in [0.1, 0.15) is 237 Å². The van der Waals surface area contributed by atoms with E-state index in [1.165, 1.54) is 0 Å². The first-order chi connectivity index (χ1) is 33.2. The van der Waals surface area contributed by atoms with Crippen LogP contribution in [0.3, 0.4) is 0 Å². The second-order valence-corrected chi connectivity index (χ2v) is 17.7. The van der Waals surface area contributed by atoms with Crippen molar-refractivity contribution in [2.45, 2.75) is 249 Å². The van der Waals surface area contributed by atoms with Crippen LogP contribution < -0.4 is 20.4 Å². The van der Waals surface area contributed by atoms with E-state index in [-0.39, 0.29) is 81.3 Å². The van der Waals surface area contributed by atoms with Crippen molar-refractivity contribution in [3.05, 3.63) is 7.43 Å². The van der Waals surface area contributed by atoms with Crippen molar-refractivity contribution in [2.24, 2.45) is 35.5 Å². The van der Waals surface area contributed by atoms with Gasteiger partial charge in [-0.05, 0) is 101 Å². The van der Waals surface area contributed by atoms with Crippen LogP contribution in [0.25, 0.3) is 0 Å². The van der Waals surface area contributed by atoms with E-state index in [4.69, 9.17) is 29.9 Å². The molecular formula is C55H104O16.